The molecule has 0 N–H and O–H groups in total. The van der Waals surface area contributed by atoms with E-state index in [0.717, 1.165) is 17.3 Å². The summed E-state index contributed by atoms with van der Waals surface area (Å²) in [5, 5.41) is 0.869. The number of carbonyl (C=O) groups is 2. The number of amides is 1. The molecule has 1 aliphatic heterocycles. The molecule has 2 rings (SSSR count). The molecule has 0 aliphatic carbocycles. The van der Waals surface area contributed by atoms with Crippen LogP contribution in [-0.4, -0.2) is 46.6 Å². The van der Waals surface area contributed by atoms with Gasteiger partial charge >= 0.3 is 12.1 Å². The highest BCUT2D eigenvalue weighted by atomic mass is 79.9. The predicted octanol–water partition coefficient (Wildman–Crippen LogP) is 5.38. The second-order valence-electron chi connectivity index (χ2n) is 9.36. The van der Waals surface area contributed by atoms with Gasteiger partial charge < -0.3 is 14.4 Å². The van der Waals surface area contributed by atoms with Crippen molar-refractivity contribution in [3.63, 3.8) is 0 Å². The van der Waals surface area contributed by atoms with Crippen LogP contribution in [-0.2, 0) is 9.47 Å². The Hall–Kier alpha value is -1.56. The number of rotatable bonds is 3. The van der Waals surface area contributed by atoms with Crippen molar-refractivity contribution in [3.05, 3.63) is 35.4 Å². The van der Waals surface area contributed by atoms with E-state index in [9.17, 15) is 9.59 Å². The summed E-state index contributed by atoms with van der Waals surface area (Å²) >= 11 is 3.62. The first-order valence-corrected chi connectivity index (χ1v) is 10.9. The molecule has 1 saturated heterocycles. The molecular weight excluding hydrogens is 422 g/mol. The van der Waals surface area contributed by atoms with Crippen LogP contribution < -0.4 is 0 Å². The number of esters is 1. The first-order valence-electron chi connectivity index (χ1n) is 9.77. The van der Waals surface area contributed by atoms with Crippen molar-refractivity contribution in [2.24, 2.45) is 5.92 Å². The van der Waals surface area contributed by atoms with Crippen molar-refractivity contribution in [3.8, 4) is 0 Å². The Morgan fingerprint density at radius 2 is 1.61 bits per heavy atom. The van der Waals surface area contributed by atoms with E-state index in [2.05, 4.69) is 15.9 Å². The Labute approximate surface area is 176 Å². The number of benzene rings is 1. The maximum atomic E-state index is 12.5. The van der Waals surface area contributed by atoms with Gasteiger partial charge in [0, 0.05) is 24.3 Å². The van der Waals surface area contributed by atoms with E-state index in [1.807, 2.05) is 53.7 Å². The highest BCUT2D eigenvalue weighted by molar-refractivity contribution is 9.09. The van der Waals surface area contributed by atoms with Crippen molar-refractivity contribution in [1.82, 2.24) is 4.90 Å². The number of piperidine rings is 1. The van der Waals surface area contributed by atoms with Crippen LogP contribution in [0.1, 0.15) is 69.8 Å². The van der Waals surface area contributed by atoms with Crippen molar-refractivity contribution in [1.29, 1.82) is 0 Å². The molecule has 0 saturated carbocycles. The number of carbonyl (C=O) groups excluding carboxylic acids is 2. The molecule has 6 heteroatoms. The van der Waals surface area contributed by atoms with Crippen LogP contribution in [0.4, 0.5) is 4.79 Å². The number of hydrogen-bond donors (Lipinski definition) is 0. The van der Waals surface area contributed by atoms with Crippen molar-refractivity contribution in [2.45, 2.75) is 65.1 Å². The van der Waals surface area contributed by atoms with E-state index in [-0.39, 0.29) is 18.0 Å². The second-order valence-corrected chi connectivity index (χ2v) is 10.0. The first kappa shape index (κ1) is 22.7. The van der Waals surface area contributed by atoms with E-state index in [4.69, 9.17) is 9.47 Å². The maximum Gasteiger partial charge on any atom is 0.410 e. The van der Waals surface area contributed by atoms with Crippen LogP contribution in [0, 0.1) is 5.92 Å². The normalized spacial score (nSPS) is 20.6. The molecule has 0 aromatic heterocycles. The van der Waals surface area contributed by atoms with Gasteiger partial charge in [-0.2, -0.15) is 0 Å². The number of hydrogen-bond acceptors (Lipinski definition) is 4. The summed E-state index contributed by atoms with van der Waals surface area (Å²) in [7, 11) is 0. The highest BCUT2D eigenvalue weighted by Crippen LogP contribution is 2.34. The minimum Gasteiger partial charge on any atom is -0.456 e. The number of likely N-dealkylation sites (tertiary alicyclic amines) is 1. The number of halogens is 1. The minimum atomic E-state index is -0.520. The fourth-order valence-corrected chi connectivity index (χ4v) is 4.03. The third kappa shape index (κ3) is 6.50. The molecule has 5 nitrogen and oxygen atoms in total. The summed E-state index contributed by atoms with van der Waals surface area (Å²) in [6.45, 7) is 12.5. The molecule has 1 amide bonds. The van der Waals surface area contributed by atoms with Crippen molar-refractivity contribution < 1.29 is 19.1 Å². The largest absolute Gasteiger partial charge is 0.456 e. The van der Waals surface area contributed by atoms with E-state index in [0.29, 0.717) is 24.6 Å². The highest BCUT2D eigenvalue weighted by Gasteiger charge is 2.34. The Morgan fingerprint density at radius 3 is 2.11 bits per heavy atom. The fraction of sp³-hybridized carbons (Fsp3) is 0.636. The molecule has 1 aromatic rings. The Kier molecular flexibility index (Phi) is 7.18. The molecule has 0 unspecified atom stereocenters. The van der Waals surface area contributed by atoms with Gasteiger partial charge in [-0.3, -0.25) is 0 Å². The standard InChI is InChI=1S/C22H32BrNO4/c1-21(2,3)27-19(25)16-9-7-15(8-10-16)18-14-24(12-11-17(18)13-23)20(26)28-22(4,5)6/h7-10,17-18H,11-14H2,1-6H3/t17-,18-/m0/s1. The van der Waals surface area contributed by atoms with Gasteiger partial charge in [-0.25, -0.2) is 9.59 Å². The predicted molar refractivity (Wildman–Crippen MR) is 114 cm³/mol. The molecule has 0 radical (unpaired) electrons. The average molecular weight is 454 g/mol. The van der Waals surface area contributed by atoms with Gasteiger partial charge in [0.1, 0.15) is 11.2 Å². The summed E-state index contributed by atoms with van der Waals surface area (Å²) < 4.78 is 11.0. The number of nitrogens with zero attached hydrogens (tertiary/aromatic N) is 1. The van der Waals surface area contributed by atoms with Gasteiger partial charge in [-0.15, -0.1) is 0 Å². The Bertz CT molecular complexity index is 688. The summed E-state index contributed by atoms with van der Waals surface area (Å²) in [5.74, 6) is 0.287. The zero-order valence-corrected chi connectivity index (χ0v) is 19.3. The minimum absolute atomic E-state index is 0.188. The van der Waals surface area contributed by atoms with E-state index in [1.54, 1.807) is 17.0 Å². The van der Waals surface area contributed by atoms with Gasteiger partial charge in [0.05, 0.1) is 5.56 Å². The maximum absolute atomic E-state index is 12.5. The molecular formula is C22H32BrNO4. The van der Waals surface area contributed by atoms with Crippen LogP contribution in [0.2, 0.25) is 0 Å². The average Bonchev–Trinajstić information content (AvgIpc) is 2.58. The zero-order chi connectivity index (χ0) is 21.1. The van der Waals surface area contributed by atoms with Crippen LogP contribution in [0.25, 0.3) is 0 Å². The molecule has 1 aliphatic rings. The molecule has 1 fully saturated rings. The third-order valence-electron chi connectivity index (χ3n) is 4.58. The lowest BCUT2D eigenvalue weighted by Gasteiger charge is -2.38. The summed E-state index contributed by atoms with van der Waals surface area (Å²) in [4.78, 5) is 26.5. The molecule has 156 valence electrons. The van der Waals surface area contributed by atoms with Crippen LogP contribution in [0.15, 0.2) is 24.3 Å². The molecule has 0 spiro atoms. The lowest BCUT2D eigenvalue weighted by molar-refractivity contribution is 0.00687. The molecule has 1 heterocycles. The monoisotopic (exact) mass is 453 g/mol. The smallest absolute Gasteiger partial charge is 0.410 e. The lowest BCUT2D eigenvalue weighted by atomic mass is 9.82. The summed E-state index contributed by atoms with van der Waals surface area (Å²) in [6, 6.07) is 7.55. The summed E-state index contributed by atoms with van der Waals surface area (Å²) in [5.41, 5.74) is 0.626. The quantitative estimate of drug-likeness (QED) is 0.455. The molecule has 28 heavy (non-hydrogen) atoms. The first-order chi connectivity index (χ1) is 12.9. The van der Waals surface area contributed by atoms with Crippen LogP contribution >= 0.6 is 15.9 Å². The summed E-state index contributed by atoms with van der Waals surface area (Å²) in [6.07, 6.45) is 0.638. The fourth-order valence-electron chi connectivity index (χ4n) is 3.26. The van der Waals surface area contributed by atoms with Crippen LogP contribution in [0.5, 0.6) is 0 Å². The molecule has 2 atom stereocenters. The van der Waals surface area contributed by atoms with Gasteiger partial charge in [-0.05, 0) is 71.6 Å². The second kappa shape index (κ2) is 8.85. The van der Waals surface area contributed by atoms with Crippen molar-refractivity contribution >= 4 is 28.0 Å². The Balaban J connectivity index is 2.14. The van der Waals surface area contributed by atoms with Gasteiger partial charge in [-0.1, -0.05) is 28.1 Å². The zero-order valence-electron chi connectivity index (χ0n) is 17.8. The number of alkyl halides is 1. The SMILES string of the molecule is CC(C)(C)OC(=O)c1ccc([C@@H]2CN(C(=O)OC(C)(C)C)CC[C@H]2CBr)cc1. The number of ether oxygens (including phenoxy) is 2. The van der Waals surface area contributed by atoms with E-state index in [1.165, 1.54) is 0 Å². The molecule has 1 aromatic carbocycles. The topological polar surface area (TPSA) is 55.8 Å². The van der Waals surface area contributed by atoms with Gasteiger partial charge in [0.25, 0.3) is 0 Å². The van der Waals surface area contributed by atoms with Gasteiger partial charge in [0.15, 0.2) is 0 Å². The van der Waals surface area contributed by atoms with Gasteiger partial charge in [0.2, 0.25) is 0 Å². The van der Waals surface area contributed by atoms with Crippen LogP contribution in [0.3, 0.4) is 0 Å². The van der Waals surface area contributed by atoms with E-state index < -0.39 is 11.2 Å². The Morgan fingerprint density at radius 1 is 1.04 bits per heavy atom. The lowest BCUT2D eigenvalue weighted by Crippen LogP contribution is -2.45. The van der Waals surface area contributed by atoms with Crippen molar-refractivity contribution in [2.75, 3.05) is 18.4 Å². The van der Waals surface area contributed by atoms with E-state index >= 15 is 0 Å². The third-order valence-corrected chi connectivity index (χ3v) is 5.41. The molecule has 0 bridgehead atoms.